The lowest BCUT2D eigenvalue weighted by atomic mass is 10.2. The van der Waals surface area contributed by atoms with Crippen molar-refractivity contribution >= 4 is 83.5 Å². The number of rotatable bonds is 4. The second-order valence-electron chi connectivity index (χ2n) is 6.94. The summed E-state index contributed by atoms with van der Waals surface area (Å²) >= 11 is 12.7. The third-order valence-electron chi connectivity index (χ3n) is 4.58. The van der Waals surface area contributed by atoms with E-state index in [-0.39, 0.29) is 5.69 Å². The second kappa shape index (κ2) is 9.78. The Bertz CT molecular complexity index is 1400. The number of nitrogens with zero attached hydrogens (tertiary/aromatic N) is 1. The second-order valence-corrected chi connectivity index (χ2v) is 9.21. The first-order valence-corrected chi connectivity index (χ1v) is 11.5. The van der Waals surface area contributed by atoms with E-state index in [1.807, 2.05) is 0 Å². The maximum atomic E-state index is 13.0. The topological polar surface area (TPSA) is 92.2 Å². The standard InChI is InChI=1S/C23H15Br2ClN4O3/c24-14-3-1-5-17(11-14)28-22(32)23(33)29-30-19-8-7-15(25)9-13(19)10-20(30)21(31)27-18-6-2-4-16(26)12-18/h1-12H,(H,27,31)(H,28,32)(H,29,33). The molecule has 0 saturated heterocycles. The molecular formula is C23H15Br2ClN4O3. The molecule has 3 amide bonds. The molecule has 3 aromatic carbocycles. The molecule has 3 N–H and O–H groups in total. The van der Waals surface area contributed by atoms with E-state index in [9.17, 15) is 14.4 Å². The highest BCUT2D eigenvalue weighted by molar-refractivity contribution is 9.10. The molecule has 7 nitrogen and oxygen atoms in total. The van der Waals surface area contributed by atoms with Crippen molar-refractivity contribution in [3.8, 4) is 0 Å². The summed E-state index contributed by atoms with van der Waals surface area (Å²) in [5.41, 5.74) is 4.13. The van der Waals surface area contributed by atoms with Crippen molar-refractivity contribution in [1.29, 1.82) is 0 Å². The van der Waals surface area contributed by atoms with Crippen LogP contribution in [0, 0.1) is 0 Å². The zero-order valence-electron chi connectivity index (χ0n) is 16.7. The predicted molar refractivity (Wildman–Crippen MR) is 136 cm³/mol. The van der Waals surface area contributed by atoms with E-state index < -0.39 is 17.7 Å². The van der Waals surface area contributed by atoms with Crippen LogP contribution in [0.3, 0.4) is 0 Å². The number of carbonyl (C=O) groups is 3. The predicted octanol–water partition coefficient (Wildman–Crippen LogP) is 5.78. The van der Waals surface area contributed by atoms with Crippen molar-refractivity contribution < 1.29 is 14.4 Å². The Balaban J connectivity index is 1.63. The van der Waals surface area contributed by atoms with E-state index in [0.717, 1.165) is 8.95 Å². The molecule has 0 saturated carbocycles. The number of amides is 3. The fourth-order valence-corrected chi connectivity index (χ4v) is 4.11. The van der Waals surface area contributed by atoms with Crippen molar-refractivity contribution in [2.45, 2.75) is 0 Å². The molecule has 4 aromatic rings. The van der Waals surface area contributed by atoms with Gasteiger partial charge in [-0.15, -0.1) is 0 Å². The summed E-state index contributed by atoms with van der Waals surface area (Å²) in [7, 11) is 0. The summed E-state index contributed by atoms with van der Waals surface area (Å²) in [6.45, 7) is 0. The van der Waals surface area contributed by atoms with Crippen LogP contribution in [0.1, 0.15) is 10.5 Å². The Hall–Kier alpha value is -3.14. The van der Waals surface area contributed by atoms with E-state index in [1.54, 1.807) is 72.8 Å². The fourth-order valence-electron chi connectivity index (χ4n) is 3.14. The van der Waals surface area contributed by atoms with Crippen LogP contribution in [0.15, 0.2) is 81.7 Å². The van der Waals surface area contributed by atoms with Crippen molar-refractivity contribution in [1.82, 2.24) is 4.68 Å². The molecule has 4 rings (SSSR count). The normalized spacial score (nSPS) is 10.6. The fraction of sp³-hybridized carbons (Fsp3) is 0. The molecule has 0 atom stereocenters. The number of benzene rings is 3. The van der Waals surface area contributed by atoms with Crippen LogP contribution in [0.5, 0.6) is 0 Å². The third kappa shape index (κ3) is 5.44. The summed E-state index contributed by atoms with van der Waals surface area (Å²) in [6, 6.07) is 20.5. The lowest BCUT2D eigenvalue weighted by molar-refractivity contribution is -0.133. The molecule has 166 valence electrons. The molecule has 0 radical (unpaired) electrons. The number of anilines is 2. The van der Waals surface area contributed by atoms with Crippen molar-refractivity contribution in [3.63, 3.8) is 0 Å². The van der Waals surface area contributed by atoms with Crippen molar-refractivity contribution in [3.05, 3.63) is 92.5 Å². The monoisotopic (exact) mass is 588 g/mol. The number of halogens is 3. The number of hydrogen-bond acceptors (Lipinski definition) is 3. The van der Waals surface area contributed by atoms with Crippen LogP contribution in [-0.4, -0.2) is 22.4 Å². The zero-order valence-corrected chi connectivity index (χ0v) is 20.7. The molecule has 10 heteroatoms. The molecule has 33 heavy (non-hydrogen) atoms. The van der Waals surface area contributed by atoms with Gasteiger partial charge in [-0.2, -0.15) is 0 Å². The quantitative estimate of drug-likeness (QED) is 0.263. The molecular weight excluding hydrogens is 576 g/mol. The molecule has 0 spiro atoms. The molecule has 0 fully saturated rings. The van der Waals surface area contributed by atoms with Gasteiger partial charge in [0.05, 0.1) is 5.52 Å². The Morgan fingerprint density at radius 3 is 2.18 bits per heavy atom. The molecule has 0 aliphatic rings. The molecule has 0 unspecified atom stereocenters. The maximum absolute atomic E-state index is 13.0. The van der Waals surface area contributed by atoms with E-state index in [2.05, 4.69) is 47.9 Å². The van der Waals surface area contributed by atoms with Crippen LogP contribution < -0.4 is 16.1 Å². The molecule has 1 aromatic heterocycles. The first-order valence-electron chi connectivity index (χ1n) is 9.56. The lowest BCUT2D eigenvalue weighted by Crippen LogP contribution is -2.36. The maximum Gasteiger partial charge on any atom is 0.328 e. The number of nitrogens with one attached hydrogen (secondary N) is 3. The molecule has 0 bridgehead atoms. The Morgan fingerprint density at radius 2 is 1.45 bits per heavy atom. The number of fused-ring (bicyclic) bond motifs is 1. The van der Waals surface area contributed by atoms with Gasteiger partial charge >= 0.3 is 11.8 Å². The smallest absolute Gasteiger partial charge is 0.321 e. The minimum Gasteiger partial charge on any atom is -0.321 e. The van der Waals surface area contributed by atoms with Crippen LogP contribution in [0.25, 0.3) is 10.9 Å². The summed E-state index contributed by atoms with van der Waals surface area (Å²) in [5.74, 6) is -2.31. The summed E-state index contributed by atoms with van der Waals surface area (Å²) in [5, 5.41) is 6.44. The molecule has 0 aliphatic carbocycles. The average molecular weight is 591 g/mol. The van der Waals surface area contributed by atoms with E-state index >= 15 is 0 Å². The zero-order chi connectivity index (χ0) is 23.5. The summed E-state index contributed by atoms with van der Waals surface area (Å²) in [4.78, 5) is 38.2. The van der Waals surface area contributed by atoms with E-state index in [1.165, 1.54) is 4.68 Å². The highest BCUT2D eigenvalue weighted by Gasteiger charge is 2.21. The Morgan fingerprint density at radius 1 is 0.758 bits per heavy atom. The average Bonchev–Trinajstić information content (AvgIpc) is 3.11. The molecule has 0 aliphatic heterocycles. The minimum atomic E-state index is -0.938. The first-order chi connectivity index (χ1) is 15.8. The number of aromatic nitrogens is 1. The number of hydrogen-bond donors (Lipinski definition) is 3. The SMILES string of the molecule is O=C(Nc1cccc(Br)c1)C(=O)Nn1c(C(=O)Nc2cccc(Cl)c2)cc2cc(Br)ccc21. The van der Waals surface area contributed by atoms with Gasteiger partial charge in [0.15, 0.2) is 0 Å². The lowest BCUT2D eigenvalue weighted by Gasteiger charge is -2.13. The largest absolute Gasteiger partial charge is 0.328 e. The summed E-state index contributed by atoms with van der Waals surface area (Å²) in [6.07, 6.45) is 0. The van der Waals surface area contributed by atoms with Gasteiger partial charge in [-0.05, 0) is 60.7 Å². The highest BCUT2D eigenvalue weighted by atomic mass is 79.9. The minimum absolute atomic E-state index is 0.131. The van der Waals surface area contributed by atoms with Crippen LogP contribution in [-0.2, 0) is 9.59 Å². The van der Waals surface area contributed by atoms with Gasteiger partial charge in [0.25, 0.3) is 5.91 Å². The van der Waals surface area contributed by atoms with Crippen LogP contribution >= 0.6 is 43.5 Å². The van der Waals surface area contributed by atoms with Gasteiger partial charge in [0.1, 0.15) is 5.69 Å². The van der Waals surface area contributed by atoms with Gasteiger partial charge in [-0.3, -0.25) is 19.8 Å². The Labute approximate surface area is 210 Å². The van der Waals surface area contributed by atoms with Gasteiger partial charge in [-0.1, -0.05) is 55.6 Å². The highest BCUT2D eigenvalue weighted by Crippen LogP contribution is 2.24. The van der Waals surface area contributed by atoms with E-state index in [0.29, 0.717) is 27.3 Å². The van der Waals surface area contributed by atoms with Crippen LogP contribution in [0.4, 0.5) is 11.4 Å². The van der Waals surface area contributed by atoms with Crippen molar-refractivity contribution in [2.24, 2.45) is 0 Å². The van der Waals surface area contributed by atoms with Crippen LogP contribution in [0.2, 0.25) is 5.02 Å². The van der Waals surface area contributed by atoms with Gasteiger partial charge in [0, 0.05) is 30.7 Å². The third-order valence-corrected chi connectivity index (χ3v) is 5.80. The summed E-state index contributed by atoms with van der Waals surface area (Å²) < 4.78 is 2.83. The molecule has 1 heterocycles. The van der Waals surface area contributed by atoms with Crippen molar-refractivity contribution in [2.75, 3.05) is 16.1 Å². The van der Waals surface area contributed by atoms with Gasteiger partial charge in [0.2, 0.25) is 0 Å². The van der Waals surface area contributed by atoms with Gasteiger partial charge in [-0.25, -0.2) is 4.68 Å². The van der Waals surface area contributed by atoms with E-state index in [4.69, 9.17) is 11.6 Å². The Kier molecular flexibility index (Phi) is 6.83. The number of carbonyl (C=O) groups excluding carboxylic acids is 3. The first kappa shape index (κ1) is 23.0. The van der Waals surface area contributed by atoms with Gasteiger partial charge < -0.3 is 10.6 Å².